The molecule has 1 N–H and O–H groups in total. The third-order valence-corrected chi connectivity index (χ3v) is 5.25. The molecule has 2 aromatic rings. The van der Waals surface area contributed by atoms with Crippen LogP contribution in [-0.4, -0.2) is 47.9 Å². The Labute approximate surface area is 153 Å². The Kier molecular flexibility index (Phi) is 5.67. The van der Waals surface area contributed by atoms with Crippen LogP contribution < -0.4 is 5.32 Å². The van der Waals surface area contributed by atoms with Crippen LogP contribution in [0.4, 0.5) is 18.0 Å². The van der Waals surface area contributed by atoms with Gasteiger partial charge >= 0.3 is 12.2 Å². The van der Waals surface area contributed by atoms with Gasteiger partial charge in [0.05, 0.1) is 28.9 Å². The molecule has 142 valence electrons. The number of nitrogens with zero attached hydrogens (tertiary/aromatic N) is 2. The van der Waals surface area contributed by atoms with Crippen molar-refractivity contribution in [1.82, 2.24) is 15.2 Å². The fraction of sp³-hybridized carbons (Fsp3) is 0.529. The minimum atomic E-state index is -4.36. The number of rotatable bonds is 5. The highest BCUT2D eigenvalue weighted by atomic mass is 32.1. The second-order valence-corrected chi connectivity index (χ2v) is 7.41. The number of carbonyl (C=O) groups excluding carboxylic acids is 1. The number of aromatic nitrogens is 1. The maximum Gasteiger partial charge on any atom is 0.411 e. The first-order chi connectivity index (χ1) is 12.3. The van der Waals surface area contributed by atoms with E-state index in [9.17, 15) is 18.0 Å². The molecule has 1 fully saturated rings. The molecule has 0 saturated carbocycles. The lowest BCUT2D eigenvalue weighted by Crippen LogP contribution is -2.45. The number of para-hydroxylation sites is 1. The number of nitrogens with one attached hydrogen (secondary N) is 1. The minimum Gasteiger partial charge on any atom is -0.370 e. The molecule has 3 rings (SSSR count). The number of amides is 2. The topological polar surface area (TPSA) is 54.5 Å². The summed E-state index contributed by atoms with van der Waals surface area (Å²) in [6, 6.07) is 6.90. The van der Waals surface area contributed by atoms with Gasteiger partial charge in [-0.05, 0) is 31.9 Å². The van der Waals surface area contributed by atoms with Crippen molar-refractivity contribution in [2.24, 2.45) is 0 Å². The third kappa shape index (κ3) is 4.64. The van der Waals surface area contributed by atoms with Gasteiger partial charge in [0.1, 0.15) is 11.6 Å². The molecule has 0 aliphatic carbocycles. The summed E-state index contributed by atoms with van der Waals surface area (Å²) in [4.78, 5) is 18.9. The Morgan fingerprint density at radius 3 is 2.96 bits per heavy atom. The lowest BCUT2D eigenvalue weighted by Gasteiger charge is -2.25. The van der Waals surface area contributed by atoms with Crippen LogP contribution in [0.15, 0.2) is 24.3 Å². The molecule has 1 saturated heterocycles. The number of likely N-dealkylation sites (tertiary alicyclic amines) is 1. The van der Waals surface area contributed by atoms with Crippen LogP contribution in [0.25, 0.3) is 10.2 Å². The van der Waals surface area contributed by atoms with E-state index < -0.39 is 18.8 Å². The quantitative estimate of drug-likeness (QED) is 0.840. The number of thiazole rings is 1. The molecule has 26 heavy (non-hydrogen) atoms. The maximum atomic E-state index is 12.5. The summed E-state index contributed by atoms with van der Waals surface area (Å²) in [5, 5.41) is 3.60. The van der Waals surface area contributed by atoms with E-state index in [0.29, 0.717) is 6.54 Å². The maximum absolute atomic E-state index is 12.5. The molecular weight excluding hydrogens is 367 g/mol. The molecule has 2 atom stereocenters. The molecule has 9 heteroatoms. The zero-order chi connectivity index (χ0) is 18.7. The predicted molar refractivity (Wildman–Crippen MR) is 93.2 cm³/mol. The van der Waals surface area contributed by atoms with Gasteiger partial charge in [-0.25, -0.2) is 9.78 Å². The van der Waals surface area contributed by atoms with E-state index >= 15 is 0 Å². The van der Waals surface area contributed by atoms with Gasteiger partial charge < -0.3 is 15.0 Å². The highest BCUT2D eigenvalue weighted by Crippen LogP contribution is 2.36. The highest BCUT2D eigenvalue weighted by molar-refractivity contribution is 7.18. The molecule has 1 aromatic heterocycles. The van der Waals surface area contributed by atoms with Crippen molar-refractivity contribution in [3.8, 4) is 0 Å². The van der Waals surface area contributed by atoms with Crippen LogP contribution in [-0.2, 0) is 4.74 Å². The number of benzene rings is 1. The van der Waals surface area contributed by atoms with E-state index in [1.807, 2.05) is 24.3 Å². The van der Waals surface area contributed by atoms with Gasteiger partial charge in [0.25, 0.3) is 0 Å². The highest BCUT2D eigenvalue weighted by Gasteiger charge is 2.33. The van der Waals surface area contributed by atoms with Gasteiger partial charge in [0.15, 0.2) is 0 Å². The van der Waals surface area contributed by atoms with E-state index in [1.165, 1.54) is 0 Å². The molecule has 0 bridgehead atoms. The van der Waals surface area contributed by atoms with E-state index in [2.05, 4.69) is 15.0 Å². The number of hydrogen-bond acceptors (Lipinski definition) is 4. The van der Waals surface area contributed by atoms with Crippen molar-refractivity contribution in [3.05, 3.63) is 29.3 Å². The van der Waals surface area contributed by atoms with Crippen molar-refractivity contribution >= 4 is 27.6 Å². The number of ether oxygens (including phenoxy) is 1. The smallest absolute Gasteiger partial charge is 0.370 e. The molecular formula is C17H20F3N3O2S. The fourth-order valence-corrected chi connectivity index (χ4v) is 4.10. The zero-order valence-electron chi connectivity index (χ0n) is 14.3. The molecule has 1 aromatic carbocycles. The van der Waals surface area contributed by atoms with Crippen molar-refractivity contribution < 1.29 is 22.7 Å². The van der Waals surface area contributed by atoms with E-state index in [1.54, 1.807) is 23.2 Å². The molecule has 5 nitrogen and oxygen atoms in total. The van der Waals surface area contributed by atoms with Crippen LogP contribution in [0.2, 0.25) is 0 Å². The number of fused-ring (bicyclic) bond motifs is 1. The Balaban J connectivity index is 1.59. The van der Waals surface area contributed by atoms with E-state index in [-0.39, 0.29) is 18.7 Å². The Morgan fingerprint density at radius 1 is 1.46 bits per heavy atom. The van der Waals surface area contributed by atoms with Crippen LogP contribution in [0.1, 0.15) is 30.8 Å². The number of halogens is 3. The first-order valence-electron chi connectivity index (χ1n) is 8.40. The monoisotopic (exact) mass is 387 g/mol. The summed E-state index contributed by atoms with van der Waals surface area (Å²) < 4.78 is 42.0. The van der Waals surface area contributed by atoms with Crippen molar-refractivity contribution in [2.75, 3.05) is 19.8 Å². The molecule has 2 unspecified atom stereocenters. The third-order valence-electron chi connectivity index (χ3n) is 4.11. The number of carbonyl (C=O) groups is 1. The van der Waals surface area contributed by atoms with Gasteiger partial charge in [-0.3, -0.25) is 0 Å². The molecule has 1 aliphatic rings. The van der Waals surface area contributed by atoms with Gasteiger partial charge in [0.2, 0.25) is 0 Å². The van der Waals surface area contributed by atoms with E-state index in [4.69, 9.17) is 0 Å². The summed E-state index contributed by atoms with van der Waals surface area (Å²) in [7, 11) is 0. The van der Waals surface area contributed by atoms with Crippen LogP contribution in [0.3, 0.4) is 0 Å². The summed E-state index contributed by atoms with van der Waals surface area (Å²) in [6.07, 6.45) is -2.67. The van der Waals surface area contributed by atoms with Crippen molar-refractivity contribution in [2.45, 2.75) is 38.0 Å². The first kappa shape index (κ1) is 18.9. The molecule has 1 aliphatic heterocycles. The predicted octanol–water partition coefficient (Wildman–Crippen LogP) is 4.11. The van der Waals surface area contributed by atoms with Crippen molar-refractivity contribution in [1.29, 1.82) is 0 Å². The molecule has 0 spiro atoms. The van der Waals surface area contributed by atoms with Gasteiger partial charge in [-0.1, -0.05) is 12.1 Å². The number of urea groups is 1. The molecule has 2 amide bonds. The Morgan fingerprint density at radius 2 is 2.23 bits per heavy atom. The Hall–Kier alpha value is -1.87. The van der Waals surface area contributed by atoms with Gasteiger partial charge in [-0.2, -0.15) is 13.2 Å². The fourth-order valence-electron chi connectivity index (χ4n) is 2.99. The Bertz CT molecular complexity index is 732. The SMILES string of the molecule is CC(COCC(F)(F)F)NC(=O)N1CCCC1c1nc2ccccc2s1. The second-order valence-electron chi connectivity index (χ2n) is 6.35. The first-order valence-corrected chi connectivity index (χ1v) is 9.22. The summed E-state index contributed by atoms with van der Waals surface area (Å²) in [5.74, 6) is 0. The van der Waals surface area contributed by atoms with Crippen LogP contribution in [0, 0.1) is 0 Å². The largest absolute Gasteiger partial charge is 0.411 e. The van der Waals surface area contributed by atoms with Gasteiger partial charge in [0, 0.05) is 6.54 Å². The summed E-state index contributed by atoms with van der Waals surface area (Å²) in [6.45, 7) is 0.718. The summed E-state index contributed by atoms with van der Waals surface area (Å²) in [5.41, 5.74) is 0.911. The molecule has 0 radical (unpaired) electrons. The lowest BCUT2D eigenvalue weighted by atomic mass is 10.2. The standard InChI is InChI=1S/C17H20F3N3O2S/c1-11(9-25-10-17(18,19)20)21-16(24)23-8-4-6-13(23)15-22-12-5-2-3-7-14(12)26-15/h2-3,5,7,11,13H,4,6,8-10H2,1H3,(H,21,24). The van der Waals surface area contributed by atoms with Gasteiger partial charge in [-0.15, -0.1) is 11.3 Å². The van der Waals surface area contributed by atoms with Crippen molar-refractivity contribution in [3.63, 3.8) is 0 Å². The lowest BCUT2D eigenvalue weighted by molar-refractivity contribution is -0.174. The molecule has 2 heterocycles. The minimum absolute atomic E-state index is 0.101. The normalized spacial score (nSPS) is 19.1. The summed E-state index contributed by atoms with van der Waals surface area (Å²) >= 11 is 1.57. The van der Waals surface area contributed by atoms with E-state index in [0.717, 1.165) is 28.1 Å². The van der Waals surface area contributed by atoms with Crippen LogP contribution in [0.5, 0.6) is 0 Å². The number of alkyl halides is 3. The number of hydrogen-bond donors (Lipinski definition) is 1. The van der Waals surface area contributed by atoms with Crippen LogP contribution >= 0.6 is 11.3 Å². The second kappa shape index (κ2) is 7.79. The average molecular weight is 387 g/mol. The average Bonchev–Trinajstić information content (AvgIpc) is 3.19. The zero-order valence-corrected chi connectivity index (χ0v) is 15.1.